The number of para-hydroxylation sites is 1. The van der Waals surface area contributed by atoms with Crippen LogP contribution in [-0.4, -0.2) is 19.1 Å². The van der Waals surface area contributed by atoms with Crippen molar-refractivity contribution >= 4 is 12.0 Å². The van der Waals surface area contributed by atoms with Gasteiger partial charge in [-0.25, -0.2) is 4.79 Å². The van der Waals surface area contributed by atoms with Gasteiger partial charge in [-0.15, -0.1) is 0 Å². The van der Waals surface area contributed by atoms with Gasteiger partial charge in [0.05, 0.1) is 13.2 Å². The number of nitrogens with one attached hydrogen (secondary N) is 2. The number of urea groups is 1. The highest BCUT2D eigenvalue weighted by molar-refractivity contribution is 5.85. The first kappa shape index (κ1) is 22.9. The molecule has 0 aliphatic carbocycles. The number of amides is 2. The summed E-state index contributed by atoms with van der Waals surface area (Å²) in [5.41, 5.74) is 2.76. The molecule has 0 spiro atoms. The molecule has 2 N–H and O–H groups in total. The maximum absolute atomic E-state index is 13.1. The number of hydrogen-bond acceptors (Lipinski definition) is 5. The maximum atomic E-state index is 13.1. The van der Waals surface area contributed by atoms with Gasteiger partial charge in [0.1, 0.15) is 30.6 Å². The Morgan fingerprint density at radius 3 is 2.32 bits per heavy atom. The Bertz CT molecular complexity index is 1160. The third-order valence-corrected chi connectivity index (χ3v) is 5.55. The fraction of sp³-hybridized carbons (Fsp3) is 0.185. The van der Waals surface area contributed by atoms with Crippen LogP contribution in [0.5, 0.6) is 11.5 Å². The molecular weight excluding hydrogens is 432 g/mol. The molecule has 0 bridgehead atoms. The van der Waals surface area contributed by atoms with Crippen LogP contribution in [0.1, 0.15) is 22.7 Å². The molecule has 0 radical (unpaired) electrons. The van der Waals surface area contributed by atoms with E-state index in [4.69, 9.17) is 14.2 Å². The van der Waals surface area contributed by atoms with E-state index in [0.29, 0.717) is 17.9 Å². The van der Waals surface area contributed by atoms with E-state index < -0.39 is 24.0 Å². The van der Waals surface area contributed by atoms with Gasteiger partial charge in [0, 0.05) is 11.3 Å². The molecule has 7 heteroatoms. The Morgan fingerprint density at radius 1 is 0.912 bits per heavy atom. The zero-order valence-corrected chi connectivity index (χ0v) is 18.8. The molecule has 1 aliphatic heterocycles. The highest BCUT2D eigenvalue weighted by atomic mass is 16.5. The molecular formula is C27H26N2O5. The van der Waals surface area contributed by atoms with E-state index in [9.17, 15) is 9.59 Å². The third kappa shape index (κ3) is 5.38. The highest BCUT2D eigenvalue weighted by Gasteiger charge is 2.40. The van der Waals surface area contributed by atoms with Crippen LogP contribution in [0.3, 0.4) is 0 Å². The summed E-state index contributed by atoms with van der Waals surface area (Å²) in [5, 5.41) is 5.44. The van der Waals surface area contributed by atoms with Crippen LogP contribution in [0.15, 0.2) is 91.1 Å². The van der Waals surface area contributed by atoms with Crippen LogP contribution in [0.25, 0.3) is 0 Å². The second-order valence-corrected chi connectivity index (χ2v) is 7.85. The van der Waals surface area contributed by atoms with Crippen LogP contribution in [0.4, 0.5) is 4.79 Å². The molecule has 0 aromatic heterocycles. The number of carbonyl (C=O) groups is 2. The Morgan fingerprint density at radius 2 is 1.59 bits per heavy atom. The fourth-order valence-corrected chi connectivity index (χ4v) is 3.79. The van der Waals surface area contributed by atoms with Gasteiger partial charge in [0.15, 0.2) is 0 Å². The van der Waals surface area contributed by atoms with Gasteiger partial charge in [-0.2, -0.15) is 0 Å². The number of methoxy groups -OCH3 is 1. The van der Waals surface area contributed by atoms with Gasteiger partial charge in [-0.3, -0.25) is 4.79 Å². The SMILES string of the molecule is C=C1NC(=O)NC(c2ccccc2OCc2ccccc2)C1C(=O)OCc1ccc(OC)cc1. The Hall–Kier alpha value is -4.26. The molecule has 2 unspecified atom stereocenters. The van der Waals surface area contributed by atoms with Gasteiger partial charge in [0.25, 0.3) is 0 Å². The molecule has 174 valence electrons. The van der Waals surface area contributed by atoms with E-state index in [1.165, 1.54) is 0 Å². The normalized spacial score (nSPS) is 17.3. The minimum Gasteiger partial charge on any atom is -0.497 e. The lowest BCUT2D eigenvalue weighted by Gasteiger charge is -2.34. The molecule has 3 aromatic rings. The first-order valence-electron chi connectivity index (χ1n) is 10.9. The topological polar surface area (TPSA) is 85.9 Å². The Kier molecular flexibility index (Phi) is 7.13. The van der Waals surface area contributed by atoms with Crippen molar-refractivity contribution in [3.8, 4) is 11.5 Å². The summed E-state index contributed by atoms with van der Waals surface area (Å²) in [6.07, 6.45) is 0. The maximum Gasteiger partial charge on any atom is 0.319 e. The molecule has 2 atom stereocenters. The number of benzene rings is 3. The van der Waals surface area contributed by atoms with E-state index in [1.54, 1.807) is 19.2 Å². The largest absolute Gasteiger partial charge is 0.497 e. The van der Waals surface area contributed by atoms with Crippen molar-refractivity contribution in [2.75, 3.05) is 7.11 Å². The summed E-state index contributed by atoms with van der Waals surface area (Å²) in [6, 6.07) is 23.2. The van der Waals surface area contributed by atoms with Crippen molar-refractivity contribution in [2.45, 2.75) is 19.3 Å². The van der Waals surface area contributed by atoms with Crippen LogP contribution >= 0.6 is 0 Å². The van der Waals surface area contributed by atoms with E-state index in [-0.39, 0.29) is 12.3 Å². The summed E-state index contributed by atoms with van der Waals surface area (Å²) in [4.78, 5) is 25.4. The van der Waals surface area contributed by atoms with Crippen molar-refractivity contribution < 1.29 is 23.8 Å². The second kappa shape index (κ2) is 10.6. The van der Waals surface area contributed by atoms with E-state index in [0.717, 1.165) is 16.9 Å². The summed E-state index contributed by atoms with van der Waals surface area (Å²) in [7, 11) is 1.59. The molecule has 7 nitrogen and oxygen atoms in total. The first-order chi connectivity index (χ1) is 16.5. The average Bonchev–Trinajstić information content (AvgIpc) is 2.86. The summed E-state index contributed by atoms with van der Waals surface area (Å²) >= 11 is 0. The van der Waals surface area contributed by atoms with Crippen molar-refractivity contribution in [1.29, 1.82) is 0 Å². The predicted octanol–water partition coefficient (Wildman–Crippen LogP) is 4.50. The van der Waals surface area contributed by atoms with Gasteiger partial charge < -0.3 is 24.8 Å². The van der Waals surface area contributed by atoms with Crippen molar-refractivity contribution in [2.24, 2.45) is 5.92 Å². The minimum absolute atomic E-state index is 0.0828. The lowest BCUT2D eigenvalue weighted by molar-refractivity contribution is -0.149. The predicted molar refractivity (Wildman–Crippen MR) is 127 cm³/mol. The number of ether oxygens (including phenoxy) is 3. The first-order valence-corrected chi connectivity index (χ1v) is 10.9. The van der Waals surface area contributed by atoms with E-state index in [1.807, 2.05) is 66.7 Å². The molecule has 34 heavy (non-hydrogen) atoms. The van der Waals surface area contributed by atoms with Crippen LogP contribution in [0.2, 0.25) is 0 Å². The lowest BCUT2D eigenvalue weighted by atomic mass is 9.88. The average molecular weight is 459 g/mol. The smallest absolute Gasteiger partial charge is 0.319 e. The van der Waals surface area contributed by atoms with Crippen LogP contribution in [0, 0.1) is 5.92 Å². The number of rotatable bonds is 8. The van der Waals surface area contributed by atoms with Gasteiger partial charge >= 0.3 is 12.0 Å². The van der Waals surface area contributed by atoms with Gasteiger partial charge in [-0.1, -0.05) is 67.2 Å². The Labute approximate surface area is 198 Å². The molecule has 3 aromatic carbocycles. The molecule has 1 aliphatic rings. The second-order valence-electron chi connectivity index (χ2n) is 7.85. The third-order valence-electron chi connectivity index (χ3n) is 5.55. The number of esters is 1. The van der Waals surface area contributed by atoms with E-state index in [2.05, 4.69) is 17.2 Å². The Balaban J connectivity index is 1.53. The van der Waals surface area contributed by atoms with Crippen LogP contribution in [-0.2, 0) is 22.7 Å². The van der Waals surface area contributed by atoms with Crippen molar-refractivity contribution in [1.82, 2.24) is 10.6 Å². The molecule has 2 amide bonds. The quantitative estimate of drug-likeness (QED) is 0.486. The summed E-state index contributed by atoms with van der Waals surface area (Å²) < 4.78 is 16.8. The molecule has 1 fully saturated rings. The zero-order valence-electron chi connectivity index (χ0n) is 18.8. The number of carbonyl (C=O) groups excluding carboxylic acids is 2. The van der Waals surface area contributed by atoms with Crippen molar-refractivity contribution in [3.63, 3.8) is 0 Å². The van der Waals surface area contributed by atoms with Gasteiger partial charge in [-0.05, 0) is 29.3 Å². The van der Waals surface area contributed by atoms with Crippen molar-refractivity contribution in [3.05, 3.63) is 108 Å². The summed E-state index contributed by atoms with van der Waals surface area (Å²) in [5.74, 6) is -0.0530. The number of hydrogen-bond donors (Lipinski definition) is 2. The monoisotopic (exact) mass is 458 g/mol. The van der Waals surface area contributed by atoms with Gasteiger partial charge in [0.2, 0.25) is 0 Å². The molecule has 4 rings (SSSR count). The summed E-state index contributed by atoms with van der Waals surface area (Å²) in [6.45, 7) is 4.35. The zero-order chi connectivity index (χ0) is 23.9. The highest BCUT2D eigenvalue weighted by Crippen LogP contribution is 2.36. The lowest BCUT2D eigenvalue weighted by Crippen LogP contribution is -2.51. The van der Waals surface area contributed by atoms with Crippen LogP contribution < -0.4 is 20.1 Å². The molecule has 1 saturated heterocycles. The van der Waals surface area contributed by atoms with E-state index >= 15 is 0 Å². The minimum atomic E-state index is -0.836. The fourth-order valence-electron chi connectivity index (χ4n) is 3.79. The molecule has 1 heterocycles. The standard InChI is InChI=1S/C27H26N2O5/c1-18-24(26(30)34-17-20-12-14-21(32-2)15-13-20)25(29-27(31)28-18)22-10-6-7-11-23(22)33-16-19-8-4-3-5-9-19/h3-15,24-25H,1,16-17H2,2H3,(H2,28,29,31). The molecule has 0 saturated carbocycles.